The normalized spacial score (nSPS) is 19.4. The van der Waals surface area contributed by atoms with Gasteiger partial charge in [0.05, 0.1) is 17.9 Å². The van der Waals surface area contributed by atoms with E-state index in [0.717, 1.165) is 102 Å². The van der Waals surface area contributed by atoms with Crippen LogP contribution in [0.15, 0.2) is 109 Å². The lowest BCUT2D eigenvalue weighted by Crippen LogP contribution is -2.45. The predicted octanol–water partition coefficient (Wildman–Crippen LogP) is 6.34. The number of aliphatic carboxylic acids is 1. The molecule has 2 heterocycles. The zero-order valence-electron chi connectivity index (χ0n) is 29.8. The van der Waals surface area contributed by atoms with E-state index < -0.39 is 11.4 Å². The molecule has 4 aliphatic rings. The fourth-order valence-corrected chi connectivity index (χ4v) is 7.66. The number of anilines is 2. The summed E-state index contributed by atoms with van der Waals surface area (Å²) in [5.74, 6) is -0.778. The number of rotatable bonds is 10. The van der Waals surface area contributed by atoms with Crippen molar-refractivity contribution < 1.29 is 19.4 Å². The molecule has 0 aromatic heterocycles. The number of hydrogen-bond donors (Lipinski definition) is 1. The number of benzene rings is 4. The average Bonchev–Trinajstić information content (AvgIpc) is 4.13. The standard InChI is InChI=1S/C22H26N2O2.C21H24N2O2/c1-26-21(25)22(11-12-22)19-9-7-18(8-10-19)17-23-13-15-24(16-14-23)20-5-3-2-4-6-20;24-20(25)21(10-11-21)18-8-6-17(7-9-18)16-22-12-14-23(15-13-22)19-4-2-1-3-5-19/h2-10H,11-17H2,1H3;1-9H,10-16H2,(H,24,25). The summed E-state index contributed by atoms with van der Waals surface area (Å²) in [5, 5.41) is 9.39. The molecule has 4 aromatic rings. The van der Waals surface area contributed by atoms with Gasteiger partial charge in [-0.25, -0.2) is 0 Å². The van der Waals surface area contributed by atoms with Gasteiger partial charge in [0.1, 0.15) is 0 Å². The Hall–Kier alpha value is -4.66. The molecule has 0 atom stereocenters. The first-order valence-electron chi connectivity index (χ1n) is 18.4. The zero-order valence-corrected chi connectivity index (χ0v) is 29.8. The Morgan fingerprint density at radius 3 is 1.25 bits per heavy atom. The fourth-order valence-electron chi connectivity index (χ4n) is 7.66. The third kappa shape index (κ3) is 7.97. The highest BCUT2D eigenvalue weighted by atomic mass is 16.5. The van der Waals surface area contributed by atoms with E-state index in [9.17, 15) is 14.7 Å². The highest BCUT2D eigenvalue weighted by Crippen LogP contribution is 2.49. The molecule has 0 spiro atoms. The maximum atomic E-state index is 12.0. The lowest BCUT2D eigenvalue weighted by Gasteiger charge is -2.36. The maximum absolute atomic E-state index is 12.0. The minimum absolute atomic E-state index is 0.0951. The van der Waals surface area contributed by atoms with Crippen molar-refractivity contribution >= 4 is 23.3 Å². The molecule has 4 fully saturated rings. The first-order chi connectivity index (χ1) is 24.9. The van der Waals surface area contributed by atoms with Crippen LogP contribution in [0.5, 0.6) is 0 Å². The highest BCUT2D eigenvalue weighted by molar-refractivity contribution is 5.86. The number of esters is 1. The van der Waals surface area contributed by atoms with Crippen LogP contribution in [0, 0.1) is 0 Å². The third-order valence-corrected chi connectivity index (χ3v) is 11.3. The summed E-state index contributed by atoms with van der Waals surface area (Å²) in [6.45, 7) is 10.4. The molecule has 0 amide bonds. The van der Waals surface area contributed by atoms with Crippen LogP contribution >= 0.6 is 0 Å². The van der Waals surface area contributed by atoms with Gasteiger partial charge in [-0.3, -0.25) is 19.4 Å². The van der Waals surface area contributed by atoms with Crippen LogP contribution in [0.25, 0.3) is 0 Å². The van der Waals surface area contributed by atoms with Crippen LogP contribution in [-0.4, -0.2) is 86.3 Å². The molecule has 4 aromatic carbocycles. The van der Waals surface area contributed by atoms with Crippen LogP contribution in [-0.2, 0) is 38.2 Å². The second-order valence-electron chi connectivity index (χ2n) is 14.6. The predicted molar refractivity (Wildman–Crippen MR) is 202 cm³/mol. The van der Waals surface area contributed by atoms with E-state index in [1.165, 1.54) is 29.6 Å². The molecular weight excluding hydrogens is 636 g/mol. The van der Waals surface area contributed by atoms with Crippen LogP contribution in [0.4, 0.5) is 11.4 Å². The molecule has 2 aliphatic heterocycles. The molecule has 51 heavy (non-hydrogen) atoms. The number of carbonyl (C=O) groups is 2. The number of carbonyl (C=O) groups excluding carboxylic acids is 1. The van der Waals surface area contributed by atoms with E-state index in [-0.39, 0.29) is 11.4 Å². The molecule has 2 aliphatic carbocycles. The summed E-state index contributed by atoms with van der Waals surface area (Å²) in [6, 6.07) is 38.0. The lowest BCUT2D eigenvalue weighted by molar-refractivity contribution is -0.143. The maximum Gasteiger partial charge on any atom is 0.316 e. The number of piperazine rings is 2. The second-order valence-corrected chi connectivity index (χ2v) is 14.6. The number of para-hydroxylation sites is 2. The monoisotopic (exact) mass is 686 g/mol. The molecule has 1 N–H and O–H groups in total. The van der Waals surface area contributed by atoms with Crippen molar-refractivity contribution in [2.45, 2.75) is 49.6 Å². The molecule has 2 saturated carbocycles. The van der Waals surface area contributed by atoms with Gasteiger partial charge < -0.3 is 19.6 Å². The Bertz CT molecular complexity index is 1740. The molecule has 2 saturated heterocycles. The molecule has 0 unspecified atom stereocenters. The highest BCUT2D eigenvalue weighted by Gasteiger charge is 2.52. The van der Waals surface area contributed by atoms with Crippen molar-refractivity contribution in [1.29, 1.82) is 0 Å². The summed E-state index contributed by atoms with van der Waals surface area (Å²) < 4.78 is 4.98. The van der Waals surface area contributed by atoms with Crippen molar-refractivity contribution in [3.05, 3.63) is 131 Å². The lowest BCUT2D eigenvalue weighted by atomic mass is 9.95. The van der Waals surface area contributed by atoms with Gasteiger partial charge in [-0.1, -0.05) is 84.9 Å². The number of ether oxygens (including phenoxy) is 1. The number of nitrogens with zero attached hydrogens (tertiary/aromatic N) is 4. The Kier molecular flexibility index (Phi) is 10.4. The van der Waals surface area contributed by atoms with Gasteiger partial charge in [0.25, 0.3) is 0 Å². The van der Waals surface area contributed by atoms with Gasteiger partial charge in [-0.2, -0.15) is 0 Å². The van der Waals surface area contributed by atoms with E-state index in [2.05, 4.69) is 117 Å². The summed E-state index contributed by atoms with van der Waals surface area (Å²) in [6.07, 6.45) is 3.34. The summed E-state index contributed by atoms with van der Waals surface area (Å²) in [7, 11) is 1.48. The quantitative estimate of drug-likeness (QED) is 0.194. The Balaban J connectivity index is 0.000000159. The Labute approximate surface area is 302 Å². The van der Waals surface area contributed by atoms with Crippen molar-refractivity contribution in [3.63, 3.8) is 0 Å². The van der Waals surface area contributed by atoms with E-state index in [1.54, 1.807) is 0 Å². The largest absolute Gasteiger partial charge is 0.481 e. The molecular formula is C43H50N4O4. The topological polar surface area (TPSA) is 76.6 Å². The van der Waals surface area contributed by atoms with Crippen molar-refractivity contribution in [1.82, 2.24) is 9.80 Å². The minimum atomic E-state index is -0.683. The number of hydrogen-bond acceptors (Lipinski definition) is 7. The van der Waals surface area contributed by atoms with Gasteiger partial charge in [-0.05, 0) is 72.2 Å². The molecule has 8 nitrogen and oxygen atoms in total. The summed E-state index contributed by atoms with van der Waals surface area (Å²) in [4.78, 5) is 33.3. The van der Waals surface area contributed by atoms with Gasteiger partial charge >= 0.3 is 11.9 Å². The number of methoxy groups -OCH3 is 1. The van der Waals surface area contributed by atoms with Crippen molar-refractivity contribution in [2.75, 3.05) is 69.3 Å². The number of carboxylic acid groups (broad SMARTS) is 1. The van der Waals surface area contributed by atoms with Crippen LogP contribution in [0.3, 0.4) is 0 Å². The van der Waals surface area contributed by atoms with Crippen LogP contribution in [0.2, 0.25) is 0 Å². The minimum Gasteiger partial charge on any atom is -0.481 e. The Morgan fingerprint density at radius 1 is 0.549 bits per heavy atom. The first-order valence-corrected chi connectivity index (χ1v) is 18.4. The molecule has 0 radical (unpaired) electrons. The summed E-state index contributed by atoms with van der Waals surface area (Å²) >= 11 is 0. The van der Waals surface area contributed by atoms with E-state index >= 15 is 0 Å². The van der Waals surface area contributed by atoms with Gasteiger partial charge in [0, 0.05) is 76.8 Å². The van der Waals surface area contributed by atoms with E-state index in [1.807, 2.05) is 12.1 Å². The third-order valence-electron chi connectivity index (χ3n) is 11.3. The van der Waals surface area contributed by atoms with E-state index in [4.69, 9.17) is 4.74 Å². The van der Waals surface area contributed by atoms with Crippen LogP contribution in [0.1, 0.15) is 47.9 Å². The molecule has 8 rings (SSSR count). The molecule has 0 bridgehead atoms. The second kappa shape index (κ2) is 15.3. The first kappa shape index (κ1) is 34.8. The summed E-state index contributed by atoms with van der Waals surface area (Å²) in [5.41, 5.74) is 6.28. The van der Waals surface area contributed by atoms with Gasteiger partial charge in [0.15, 0.2) is 0 Å². The average molecular weight is 687 g/mol. The smallest absolute Gasteiger partial charge is 0.316 e. The van der Waals surface area contributed by atoms with Crippen molar-refractivity contribution in [3.8, 4) is 0 Å². The van der Waals surface area contributed by atoms with Gasteiger partial charge in [-0.15, -0.1) is 0 Å². The SMILES string of the molecule is COC(=O)C1(c2ccc(CN3CCN(c4ccccc4)CC3)cc2)CC1.O=C(O)C1(c2ccc(CN3CCN(c4ccccc4)CC3)cc2)CC1. The van der Waals surface area contributed by atoms with E-state index in [0.29, 0.717) is 0 Å². The van der Waals surface area contributed by atoms with Gasteiger partial charge in [0.2, 0.25) is 0 Å². The molecule has 266 valence electrons. The molecule has 8 heteroatoms. The zero-order chi connectivity index (χ0) is 35.3. The van der Waals surface area contributed by atoms with Crippen LogP contribution < -0.4 is 9.80 Å². The van der Waals surface area contributed by atoms with Crippen molar-refractivity contribution in [2.24, 2.45) is 0 Å². The fraction of sp³-hybridized carbons (Fsp3) is 0.395. The Morgan fingerprint density at radius 2 is 0.922 bits per heavy atom. The number of carboxylic acids is 1.